The Labute approximate surface area is 175 Å². The first-order chi connectivity index (χ1) is 14.4. The van der Waals surface area contributed by atoms with Gasteiger partial charge in [0.15, 0.2) is 11.5 Å². The van der Waals surface area contributed by atoms with E-state index in [1.165, 1.54) is 11.0 Å². The van der Waals surface area contributed by atoms with Gasteiger partial charge < -0.3 is 14.8 Å². The smallest absolute Gasteiger partial charge is 0.261 e. The minimum Gasteiger partial charge on any atom is -0.486 e. The van der Waals surface area contributed by atoms with Crippen molar-refractivity contribution in [3.63, 3.8) is 0 Å². The first kappa shape index (κ1) is 19.9. The Hall–Kier alpha value is -3.35. The fraction of sp³-hybridized carbons (Fsp3) is 0.348. The number of carbonyl (C=O) groups is 3. The third-order valence-electron chi connectivity index (χ3n) is 5.22. The average molecular weight is 408 g/mol. The van der Waals surface area contributed by atoms with Crippen molar-refractivity contribution in [2.24, 2.45) is 5.92 Å². The highest BCUT2D eigenvalue weighted by Crippen LogP contribution is 2.30. The van der Waals surface area contributed by atoms with Crippen LogP contribution in [0.15, 0.2) is 42.5 Å². The highest BCUT2D eigenvalue weighted by atomic mass is 16.6. The van der Waals surface area contributed by atoms with E-state index in [0.29, 0.717) is 41.7 Å². The molecule has 0 saturated carbocycles. The third-order valence-corrected chi connectivity index (χ3v) is 5.22. The number of para-hydroxylation sites is 2. The molecule has 2 aromatic carbocycles. The van der Waals surface area contributed by atoms with E-state index in [9.17, 15) is 14.4 Å². The molecule has 0 bridgehead atoms. The minimum atomic E-state index is -0.342. The maximum atomic E-state index is 12.7. The first-order valence-corrected chi connectivity index (χ1v) is 10.1. The second-order valence-corrected chi connectivity index (χ2v) is 7.91. The molecule has 1 N–H and O–H groups in total. The lowest BCUT2D eigenvalue weighted by Crippen LogP contribution is -2.40. The zero-order valence-electron chi connectivity index (χ0n) is 17.0. The number of carbonyl (C=O) groups excluding carboxylic acids is 3. The van der Waals surface area contributed by atoms with Crippen LogP contribution in [0.5, 0.6) is 11.5 Å². The highest BCUT2D eigenvalue weighted by Gasteiger charge is 2.35. The summed E-state index contributed by atoms with van der Waals surface area (Å²) in [5.74, 6) is 0.740. The predicted molar refractivity (Wildman–Crippen MR) is 110 cm³/mol. The summed E-state index contributed by atoms with van der Waals surface area (Å²) in [4.78, 5) is 39.0. The third kappa shape index (κ3) is 3.87. The van der Waals surface area contributed by atoms with Crippen LogP contribution in [0, 0.1) is 5.92 Å². The van der Waals surface area contributed by atoms with Gasteiger partial charge in [0.25, 0.3) is 17.7 Å². The Morgan fingerprint density at radius 3 is 2.60 bits per heavy atom. The summed E-state index contributed by atoms with van der Waals surface area (Å²) in [5.41, 5.74) is 0.959. The number of hydrogen-bond acceptors (Lipinski definition) is 5. The fourth-order valence-corrected chi connectivity index (χ4v) is 3.49. The summed E-state index contributed by atoms with van der Waals surface area (Å²) in [6.45, 7) is 5.06. The van der Waals surface area contributed by atoms with Gasteiger partial charge in [-0.1, -0.05) is 26.0 Å². The minimum absolute atomic E-state index is 0.262. The van der Waals surface area contributed by atoms with Gasteiger partial charge in [-0.2, -0.15) is 0 Å². The van der Waals surface area contributed by atoms with Gasteiger partial charge in [-0.25, -0.2) is 0 Å². The molecule has 0 radical (unpaired) electrons. The SMILES string of the molecule is CC(C)CCN1C(=O)c2ccc(C(=O)NC[C@H]3COc4ccccc4O3)cc2C1=O. The molecule has 2 aromatic rings. The molecular formula is C23H24N2O5. The number of hydrogen-bond donors (Lipinski definition) is 1. The number of rotatable bonds is 6. The standard InChI is InChI=1S/C23H24N2O5/c1-14(2)9-10-25-22(27)17-8-7-15(11-18(17)23(25)28)21(26)24-12-16-13-29-19-5-3-4-6-20(19)30-16/h3-8,11,14,16H,9-10,12-13H2,1-2H3,(H,24,26)/t16-/m0/s1. The molecule has 0 saturated heterocycles. The van der Waals surface area contributed by atoms with Crippen LogP contribution in [0.3, 0.4) is 0 Å². The molecule has 0 spiro atoms. The lowest BCUT2D eigenvalue weighted by atomic mass is 10.1. The first-order valence-electron chi connectivity index (χ1n) is 10.1. The molecule has 30 heavy (non-hydrogen) atoms. The number of nitrogens with zero attached hydrogens (tertiary/aromatic N) is 1. The van der Waals surface area contributed by atoms with E-state index in [1.807, 2.05) is 38.1 Å². The maximum Gasteiger partial charge on any atom is 0.261 e. The largest absolute Gasteiger partial charge is 0.486 e. The van der Waals surface area contributed by atoms with E-state index in [0.717, 1.165) is 6.42 Å². The van der Waals surface area contributed by atoms with Gasteiger partial charge in [-0.05, 0) is 42.7 Å². The van der Waals surface area contributed by atoms with Crippen LogP contribution in [0.4, 0.5) is 0 Å². The predicted octanol–water partition coefficient (Wildman–Crippen LogP) is 2.90. The molecule has 0 aromatic heterocycles. The molecule has 2 aliphatic rings. The molecular weight excluding hydrogens is 384 g/mol. The monoisotopic (exact) mass is 408 g/mol. The van der Waals surface area contributed by atoms with E-state index >= 15 is 0 Å². The summed E-state index contributed by atoms with van der Waals surface area (Å²) in [5, 5.41) is 2.81. The number of benzene rings is 2. The van der Waals surface area contributed by atoms with Crippen molar-refractivity contribution in [3.8, 4) is 11.5 Å². The van der Waals surface area contributed by atoms with Gasteiger partial charge in [0.05, 0.1) is 17.7 Å². The maximum absolute atomic E-state index is 12.7. The Kier molecular flexibility index (Phi) is 5.44. The molecule has 7 nitrogen and oxygen atoms in total. The van der Waals surface area contributed by atoms with Crippen molar-refractivity contribution in [1.82, 2.24) is 10.2 Å². The summed E-state index contributed by atoms with van der Waals surface area (Å²) in [6.07, 6.45) is 0.429. The van der Waals surface area contributed by atoms with Crippen LogP contribution in [0.2, 0.25) is 0 Å². The van der Waals surface area contributed by atoms with Crippen molar-refractivity contribution in [3.05, 3.63) is 59.2 Å². The molecule has 156 valence electrons. The van der Waals surface area contributed by atoms with Crippen LogP contribution in [0.25, 0.3) is 0 Å². The fourth-order valence-electron chi connectivity index (χ4n) is 3.49. The van der Waals surface area contributed by atoms with Gasteiger partial charge in [0.2, 0.25) is 0 Å². The molecule has 4 rings (SSSR count). The van der Waals surface area contributed by atoms with Crippen LogP contribution >= 0.6 is 0 Å². The van der Waals surface area contributed by atoms with Crippen LogP contribution in [-0.2, 0) is 0 Å². The molecule has 7 heteroatoms. The van der Waals surface area contributed by atoms with E-state index < -0.39 is 0 Å². The van der Waals surface area contributed by atoms with Gasteiger partial charge in [-0.15, -0.1) is 0 Å². The second-order valence-electron chi connectivity index (χ2n) is 7.91. The molecule has 0 fully saturated rings. The molecule has 0 unspecified atom stereocenters. The number of amides is 3. The van der Waals surface area contributed by atoms with Crippen molar-refractivity contribution in [2.75, 3.05) is 19.7 Å². The molecule has 0 aliphatic carbocycles. The summed E-state index contributed by atoms with van der Waals surface area (Å²) < 4.78 is 11.5. The number of nitrogens with one attached hydrogen (secondary N) is 1. The van der Waals surface area contributed by atoms with E-state index in [4.69, 9.17) is 9.47 Å². The lowest BCUT2D eigenvalue weighted by Gasteiger charge is -2.26. The van der Waals surface area contributed by atoms with E-state index in [1.54, 1.807) is 12.1 Å². The molecule has 2 heterocycles. The molecule has 1 atom stereocenters. The Bertz CT molecular complexity index is 1000. The van der Waals surface area contributed by atoms with Crippen molar-refractivity contribution in [2.45, 2.75) is 26.4 Å². The normalized spacial score (nSPS) is 17.3. The molecule has 3 amide bonds. The summed E-state index contributed by atoms with van der Waals surface area (Å²) in [6, 6.07) is 12.0. The van der Waals surface area contributed by atoms with Crippen LogP contribution < -0.4 is 14.8 Å². The quantitative estimate of drug-likeness (QED) is 0.743. The summed E-state index contributed by atoms with van der Waals surface area (Å²) >= 11 is 0. The highest BCUT2D eigenvalue weighted by molar-refractivity contribution is 6.22. The second kappa shape index (κ2) is 8.18. The van der Waals surface area contributed by atoms with Crippen molar-refractivity contribution >= 4 is 17.7 Å². The number of ether oxygens (including phenoxy) is 2. The number of fused-ring (bicyclic) bond motifs is 2. The topological polar surface area (TPSA) is 84.9 Å². The van der Waals surface area contributed by atoms with Gasteiger partial charge in [0, 0.05) is 12.1 Å². The zero-order chi connectivity index (χ0) is 21.3. The lowest BCUT2D eigenvalue weighted by molar-refractivity contribution is 0.0647. The van der Waals surface area contributed by atoms with Gasteiger partial charge in [0.1, 0.15) is 12.7 Å². The van der Waals surface area contributed by atoms with Crippen LogP contribution in [-0.4, -0.2) is 48.4 Å². The summed E-state index contributed by atoms with van der Waals surface area (Å²) in [7, 11) is 0. The van der Waals surface area contributed by atoms with Gasteiger partial charge in [-0.3, -0.25) is 19.3 Å². The Balaban J connectivity index is 1.40. The van der Waals surface area contributed by atoms with Crippen LogP contribution in [0.1, 0.15) is 51.3 Å². The zero-order valence-corrected chi connectivity index (χ0v) is 17.0. The van der Waals surface area contributed by atoms with Crippen molar-refractivity contribution in [1.29, 1.82) is 0 Å². The van der Waals surface area contributed by atoms with E-state index in [-0.39, 0.29) is 35.9 Å². The Morgan fingerprint density at radius 2 is 1.83 bits per heavy atom. The average Bonchev–Trinajstić information content (AvgIpc) is 2.99. The number of imide groups is 1. The van der Waals surface area contributed by atoms with Crippen molar-refractivity contribution < 1.29 is 23.9 Å². The Morgan fingerprint density at radius 1 is 1.10 bits per heavy atom. The molecule has 2 aliphatic heterocycles. The van der Waals surface area contributed by atoms with Gasteiger partial charge >= 0.3 is 0 Å². The van der Waals surface area contributed by atoms with E-state index in [2.05, 4.69) is 5.32 Å².